The minimum absolute atomic E-state index is 0.106. The molecule has 0 amide bonds. The molecule has 0 fully saturated rings. The lowest BCUT2D eigenvalue weighted by atomic mass is 9.94. The number of aliphatic carboxylic acids is 2. The first-order chi connectivity index (χ1) is 9.81. The summed E-state index contributed by atoms with van der Waals surface area (Å²) in [6.07, 6.45) is -1.42. The van der Waals surface area contributed by atoms with Gasteiger partial charge in [-0.25, -0.2) is 0 Å². The van der Waals surface area contributed by atoms with Crippen LogP contribution in [0.15, 0.2) is 18.2 Å². The van der Waals surface area contributed by atoms with E-state index in [9.17, 15) is 14.7 Å². The number of carboxylic acid groups (broad SMARTS) is 2. The quantitative estimate of drug-likeness (QED) is 0.575. The summed E-state index contributed by atoms with van der Waals surface area (Å²) in [5.74, 6) is -2.02. The fraction of sp³-hybridized carbons (Fsp3) is 0.467. The minimum atomic E-state index is -1.05. The van der Waals surface area contributed by atoms with Crippen LogP contribution in [0, 0.1) is 13.8 Å². The van der Waals surface area contributed by atoms with Crippen molar-refractivity contribution in [2.45, 2.75) is 38.8 Å². The lowest BCUT2D eigenvalue weighted by molar-refractivity contribution is -0.138. The molecule has 21 heavy (non-hydrogen) atoms. The summed E-state index contributed by atoms with van der Waals surface area (Å²) in [6.45, 7) is 3.84. The molecular formula is C15H21NO5. The Morgan fingerprint density at radius 1 is 1.19 bits per heavy atom. The van der Waals surface area contributed by atoms with Gasteiger partial charge in [0.1, 0.15) is 0 Å². The second-order valence-corrected chi connectivity index (χ2v) is 5.11. The molecular weight excluding hydrogens is 274 g/mol. The number of aliphatic hydroxyl groups excluding tert-OH is 1. The molecule has 1 rings (SSSR count). The van der Waals surface area contributed by atoms with Crippen LogP contribution in [0.1, 0.15) is 35.6 Å². The summed E-state index contributed by atoms with van der Waals surface area (Å²) >= 11 is 0. The molecule has 0 aliphatic rings. The van der Waals surface area contributed by atoms with E-state index in [0.717, 1.165) is 11.1 Å². The van der Waals surface area contributed by atoms with Gasteiger partial charge >= 0.3 is 11.9 Å². The Balaban J connectivity index is 2.87. The number of nitrogens with one attached hydrogen (secondary N) is 1. The highest BCUT2D eigenvalue weighted by molar-refractivity contribution is 5.68. The molecule has 0 saturated carbocycles. The fourth-order valence-corrected chi connectivity index (χ4v) is 2.14. The smallest absolute Gasteiger partial charge is 0.305 e. The van der Waals surface area contributed by atoms with E-state index in [2.05, 4.69) is 5.32 Å². The van der Waals surface area contributed by atoms with Crippen LogP contribution in [0.2, 0.25) is 0 Å². The molecule has 0 bridgehead atoms. The standard InChI is InChI=1S/C15H21NO5/c1-9-3-4-10(2)11(7-9)15(21)12(8-14(19)20)16-6-5-13(17)18/h3-4,7,12,15-16,21H,5-6,8H2,1-2H3,(H,17,18)(H,19,20). The van der Waals surface area contributed by atoms with Crippen LogP contribution in [-0.2, 0) is 9.59 Å². The largest absolute Gasteiger partial charge is 0.481 e. The van der Waals surface area contributed by atoms with E-state index in [1.54, 1.807) is 0 Å². The molecule has 0 spiro atoms. The van der Waals surface area contributed by atoms with Gasteiger partial charge < -0.3 is 20.6 Å². The monoisotopic (exact) mass is 295 g/mol. The van der Waals surface area contributed by atoms with Crippen molar-refractivity contribution < 1.29 is 24.9 Å². The van der Waals surface area contributed by atoms with Gasteiger partial charge in [0.2, 0.25) is 0 Å². The maximum Gasteiger partial charge on any atom is 0.305 e. The van der Waals surface area contributed by atoms with Crippen molar-refractivity contribution in [3.63, 3.8) is 0 Å². The Kier molecular flexibility index (Phi) is 6.33. The first-order valence-electron chi connectivity index (χ1n) is 6.73. The topological polar surface area (TPSA) is 107 Å². The third-order valence-corrected chi connectivity index (χ3v) is 3.27. The van der Waals surface area contributed by atoms with Crippen molar-refractivity contribution in [1.29, 1.82) is 0 Å². The Morgan fingerprint density at radius 2 is 1.86 bits per heavy atom. The van der Waals surface area contributed by atoms with E-state index in [4.69, 9.17) is 10.2 Å². The SMILES string of the molecule is Cc1ccc(C)c(C(O)C(CC(=O)O)NCCC(=O)O)c1. The molecule has 0 saturated heterocycles. The first kappa shape index (κ1) is 17.1. The zero-order chi connectivity index (χ0) is 16.0. The Labute approximate surface area is 123 Å². The maximum absolute atomic E-state index is 10.9. The molecule has 116 valence electrons. The fourth-order valence-electron chi connectivity index (χ4n) is 2.14. The van der Waals surface area contributed by atoms with Crippen molar-refractivity contribution in [3.05, 3.63) is 34.9 Å². The lowest BCUT2D eigenvalue weighted by Gasteiger charge is -2.24. The van der Waals surface area contributed by atoms with Gasteiger partial charge in [0, 0.05) is 12.6 Å². The average molecular weight is 295 g/mol. The number of hydrogen-bond donors (Lipinski definition) is 4. The number of aryl methyl sites for hydroxylation is 2. The Bertz CT molecular complexity index is 515. The van der Waals surface area contributed by atoms with Crippen molar-refractivity contribution in [1.82, 2.24) is 5.32 Å². The summed E-state index contributed by atoms with van der Waals surface area (Å²) in [7, 11) is 0. The van der Waals surface area contributed by atoms with Gasteiger partial charge in [-0.2, -0.15) is 0 Å². The van der Waals surface area contributed by atoms with Gasteiger partial charge in [-0.1, -0.05) is 23.8 Å². The second kappa shape index (κ2) is 7.75. The van der Waals surface area contributed by atoms with Crippen molar-refractivity contribution in [2.75, 3.05) is 6.54 Å². The van der Waals surface area contributed by atoms with Crippen LogP contribution in [0.3, 0.4) is 0 Å². The van der Waals surface area contributed by atoms with Crippen LogP contribution < -0.4 is 5.32 Å². The number of benzene rings is 1. The highest BCUT2D eigenvalue weighted by atomic mass is 16.4. The summed E-state index contributed by atoms with van der Waals surface area (Å²) in [5, 5.41) is 30.8. The number of carbonyl (C=O) groups is 2. The Morgan fingerprint density at radius 3 is 2.43 bits per heavy atom. The molecule has 0 radical (unpaired) electrons. The zero-order valence-electron chi connectivity index (χ0n) is 12.2. The molecule has 0 aliphatic heterocycles. The zero-order valence-corrected chi connectivity index (χ0v) is 12.2. The molecule has 6 nitrogen and oxygen atoms in total. The average Bonchev–Trinajstić information content (AvgIpc) is 2.39. The van der Waals surface area contributed by atoms with Gasteiger partial charge in [0.15, 0.2) is 0 Å². The second-order valence-electron chi connectivity index (χ2n) is 5.11. The van der Waals surface area contributed by atoms with Crippen molar-refractivity contribution in [2.24, 2.45) is 0 Å². The third kappa shape index (κ3) is 5.53. The maximum atomic E-state index is 10.9. The van der Waals surface area contributed by atoms with Gasteiger partial charge in [0.05, 0.1) is 18.9 Å². The molecule has 0 aliphatic carbocycles. The minimum Gasteiger partial charge on any atom is -0.481 e. The molecule has 2 unspecified atom stereocenters. The Hall–Kier alpha value is -1.92. The van der Waals surface area contributed by atoms with E-state index < -0.39 is 24.1 Å². The first-order valence-corrected chi connectivity index (χ1v) is 6.73. The van der Waals surface area contributed by atoms with Gasteiger partial charge in [0.25, 0.3) is 0 Å². The molecule has 1 aromatic rings. The summed E-state index contributed by atoms with van der Waals surface area (Å²) in [6, 6.07) is 4.86. The highest BCUT2D eigenvalue weighted by Crippen LogP contribution is 2.23. The lowest BCUT2D eigenvalue weighted by Crippen LogP contribution is -2.38. The van der Waals surface area contributed by atoms with Crippen LogP contribution in [0.4, 0.5) is 0 Å². The van der Waals surface area contributed by atoms with Crippen LogP contribution in [-0.4, -0.2) is 39.8 Å². The third-order valence-electron chi connectivity index (χ3n) is 3.27. The highest BCUT2D eigenvalue weighted by Gasteiger charge is 2.24. The number of hydrogen-bond acceptors (Lipinski definition) is 4. The predicted molar refractivity (Wildman–Crippen MR) is 77.2 cm³/mol. The summed E-state index contributed by atoms with van der Waals surface area (Å²) in [4.78, 5) is 21.4. The number of rotatable bonds is 8. The normalized spacial score (nSPS) is 13.7. The molecule has 0 heterocycles. The molecule has 1 aromatic carbocycles. The van der Waals surface area contributed by atoms with Gasteiger partial charge in [-0.3, -0.25) is 9.59 Å². The van der Waals surface area contributed by atoms with E-state index in [1.807, 2.05) is 32.0 Å². The summed E-state index contributed by atoms with van der Waals surface area (Å²) in [5.41, 5.74) is 2.49. The predicted octanol–water partition coefficient (Wildman–Crippen LogP) is 1.24. The molecule has 2 atom stereocenters. The van der Waals surface area contributed by atoms with Crippen LogP contribution in [0.25, 0.3) is 0 Å². The van der Waals surface area contributed by atoms with Gasteiger partial charge in [-0.05, 0) is 25.0 Å². The van der Waals surface area contributed by atoms with Crippen molar-refractivity contribution >= 4 is 11.9 Å². The summed E-state index contributed by atoms with van der Waals surface area (Å²) < 4.78 is 0. The van der Waals surface area contributed by atoms with E-state index >= 15 is 0 Å². The van der Waals surface area contributed by atoms with Gasteiger partial charge in [-0.15, -0.1) is 0 Å². The van der Waals surface area contributed by atoms with E-state index in [1.165, 1.54) is 0 Å². The number of carboxylic acids is 2. The van der Waals surface area contributed by atoms with E-state index in [0.29, 0.717) is 5.56 Å². The molecule has 6 heteroatoms. The molecule has 4 N–H and O–H groups in total. The van der Waals surface area contributed by atoms with E-state index in [-0.39, 0.29) is 19.4 Å². The van der Waals surface area contributed by atoms with Crippen molar-refractivity contribution in [3.8, 4) is 0 Å². The van der Waals surface area contributed by atoms with Crippen LogP contribution >= 0.6 is 0 Å². The van der Waals surface area contributed by atoms with Crippen LogP contribution in [0.5, 0.6) is 0 Å². The molecule has 0 aromatic heterocycles. The number of aliphatic hydroxyl groups is 1.